The van der Waals surface area contributed by atoms with Crippen molar-refractivity contribution in [1.29, 1.82) is 0 Å². The normalized spacial score (nSPS) is 16.2. The average Bonchev–Trinajstić information content (AvgIpc) is 3.10. The Morgan fingerprint density at radius 1 is 1.17 bits per heavy atom. The van der Waals surface area contributed by atoms with Gasteiger partial charge in [-0.2, -0.15) is 0 Å². The molecule has 1 atom stereocenters. The third-order valence-electron chi connectivity index (χ3n) is 5.25. The van der Waals surface area contributed by atoms with Gasteiger partial charge in [-0.1, -0.05) is 26.0 Å². The highest BCUT2D eigenvalue weighted by atomic mass is 16.5. The van der Waals surface area contributed by atoms with Gasteiger partial charge in [0.2, 0.25) is 11.8 Å². The second-order valence-corrected chi connectivity index (χ2v) is 7.67. The lowest BCUT2D eigenvalue weighted by molar-refractivity contribution is -0.122. The Labute approximate surface area is 170 Å². The Balaban J connectivity index is 1.71. The molecule has 2 amide bonds. The van der Waals surface area contributed by atoms with E-state index >= 15 is 0 Å². The molecule has 1 N–H and O–H groups in total. The maximum atomic E-state index is 12.8. The summed E-state index contributed by atoms with van der Waals surface area (Å²) in [6.07, 6.45) is 0.178. The van der Waals surface area contributed by atoms with Crippen molar-refractivity contribution in [1.82, 2.24) is 0 Å². The third kappa shape index (κ3) is 4.47. The number of esters is 1. The Morgan fingerprint density at radius 2 is 1.93 bits per heavy atom. The topological polar surface area (TPSA) is 75.7 Å². The molecule has 1 aliphatic rings. The first kappa shape index (κ1) is 20.6. The molecule has 2 aromatic rings. The van der Waals surface area contributed by atoms with Gasteiger partial charge in [0.1, 0.15) is 0 Å². The van der Waals surface area contributed by atoms with Crippen LogP contribution in [0, 0.1) is 12.8 Å². The molecule has 152 valence electrons. The lowest BCUT2D eigenvalue weighted by Crippen LogP contribution is -2.28. The van der Waals surface area contributed by atoms with E-state index in [-0.39, 0.29) is 18.2 Å². The molecular formula is C23H26N2O4. The van der Waals surface area contributed by atoms with Crippen molar-refractivity contribution in [3.05, 3.63) is 59.2 Å². The molecule has 0 saturated carbocycles. The van der Waals surface area contributed by atoms with Crippen LogP contribution in [0.3, 0.4) is 0 Å². The van der Waals surface area contributed by atoms with Crippen LogP contribution in [-0.2, 0) is 14.3 Å². The molecular weight excluding hydrogens is 368 g/mol. The molecule has 29 heavy (non-hydrogen) atoms. The molecule has 0 spiro atoms. The second kappa shape index (κ2) is 8.47. The van der Waals surface area contributed by atoms with E-state index in [4.69, 9.17) is 4.74 Å². The standard InChI is InChI=1S/C23H26N2O4/c1-14(2)16-6-5-7-19(11-16)25-13-18(12-21(25)26)22(27)24-20-9-8-17(10-15(20)3)23(28)29-4/h5-11,14,18H,12-13H2,1-4H3,(H,24,27)/t18-/m1/s1. The van der Waals surface area contributed by atoms with Crippen LogP contribution in [-0.4, -0.2) is 31.4 Å². The lowest BCUT2D eigenvalue weighted by Gasteiger charge is -2.19. The molecule has 0 unspecified atom stereocenters. The van der Waals surface area contributed by atoms with Crippen molar-refractivity contribution in [2.45, 2.75) is 33.1 Å². The summed E-state index contributed by atoms with van der Waals surface area (Å²) < 4.78 is 4.71. The van der Waals surface area contributed by atoms with E-state index in [1.807, 2.05) is 31.2 Å². The highest BCUT2D eigenvalue weighted by molar-refractivity contribution is 6.04. The van der Waals surface area contributed by atoms with E-state index in [2.05, 4.69) is 19.2 Å². The van der Waals surface area contributed by atoms with Crippen molar-refractivity contribution >= 4 is 29.2 Å². The van der Waals surface area contributed by atoms with Gasteiger partial charge in [-0.15, -0.1) is 0 Å². The third-order valence-corrected chi connectivity index (χ3v) is 5.25. The Bertz CT molecular complexity index is 952. The SMILES string of the molecule is COC(=O)c1ccc(NC(=O)[C@@H]2CC(=O)N(c3cccc(C(C)C)c3)C2)c(C)c1. The molecule has 1 heterocycles. The zero-order valence-corrected chi connectivity index (χ0v) is 17.2. The highest BCUT2D eigenvalue weighted by Crippen LogP contribution is 2.29. The highest BCUT2D eigenvalue weighted by Gasteiger charge is 2.35. The number of hydrogen-bond acceptors (Lipinski definition) is 4. The van der Waals surface area contributed by atoms with Gasteiger partial charge in [0.05, 0.1) is 18.6 Å². The first-order chi connectivity index (χ1) is 13.8. The number of carbonyl (C=O) groups excluding carboxylic acids is 3. The molecule has 6 heteroatoms. The van der Waals surface area contributed by atoms with Crippen LogP contribution < -0.4 is 10.2 Å². The summed E-state index contributed by atoms with van der Waals surface area (Å²) in [6, 6.07) is 12.9. The first-order valence-corrected chi connectivity index (χ1v) is 9.70. The van der Waals surface area contributed by atoms with Crippen LogP contribution in [0.2, 0.25) is 0 Å². The molecule has 1 saturated heterocycles. The van der Waals surface area contributed by atoms with E-state index in [0.29, 0.717) is 23.7 Å². The summed E-state index contributed by atoms with van der Waals surface area (Å²) in [4.78, 5) is 38.6. The second-order valence-electron chi connectivity index (χ2n) is 7.67. The Morgan fingerprint density at radius 3 is 2.59 bits per heavy atom. The molecule has 0 radical (unpaired) electrons. The summed E-state index contributed by atoms with van der Waals surface area (Å²) in [5.41, 5.74) is 3.79. The smallest absolute Gasteiger partial charge is 0.337 e. The van der Waals surface area contributed by atoms with Gasteiger partial charge in [-0.25, -0.2) is 4.79 Å². The van der Waals surface area contributed by atoms with E-state index < -0.39 is 11.9 Å². The number of anilines is 2. The first-order valence-electron chi connectivity index (χ1n) is 9.70. The molecule has 1 aliphatic heterocycles. The van der Waals surface area contributed by atoms with E-state index in [1.165, 1.54) is 7.11 Å². The van der Waals surface area contributed by atoms with Crippen LogP contribution in [0.1, 0.15) is 47.7 Å². The monoisotopic (exact) mass is 394 g/mol. The largest absolute Gasteiger partial charge is 0.465 e. The van der Waals surface area contributed by atoms with Gasteiger partial charge < -0.3 is 15.0 Å². The number of methoxy groups -OCH3 is 1. The fourth-order valence-corrected chi connectivity index (χ4v) is 3.47. The van der Waals surface area contributed by atoms with Crippen molar-refractivity contribution in [2.24, 2.45) is 5.92 Å². The van der Waals surface area contributed by atoms with Crippen LogP contribution >= 0.6 is 0 Å². The summed E-state index contributed by atoms with van der Waals surface area (Å²) in [7, 11) is 1.33. The van der Waals surface area contributed by atoms with Crippen LogP contribution in [0.15, 0.2) is 42.5 Å². The molecule has 2 aromatic carbocycles. The predicted octanol–water partition coefficient (Wildman–Crippen LogP) is 3.90. The summed E-state index contributed by atoms with van der Waals surface area (Å²) in [5, 5.41) is 2.89. The van der Waals surface area contributed by atoms with Gasteiger partial charge in [-0.05, 0) is 54.3 Å². The van der Waals surface area contributed by atoms with Gasteiger partial charge >= 0.3 is 5.97 Å². The molecule has 0 aromatic heterocycles. The molecule has 3 rings (SSSR count). The quantitative estimate of drug-likeness (QED) is 0.781. The average molecular weight is 394 g/mol. The number of nitrogens with one attached hydrogen (secondary N) is 1. The number of hydrogen-bond donors (Lipinski definition) is 1. The minimum atomic E-state index is -0.426. The van der Waals surface area contributed by atoms with Crippen LogP contribution in [0.25, 0.3) is 0 Å². The van der Waals surface area contributed by atoms with Crippen molar-refractivity contribution in [2.75, 3.05) is 23.9 Å². The van der Waals surface area contributed by atoms with E-state index in [9.17, 15) is 14.4 Å². The summed E-state index contributed by atoms with van der Waals surface area (Å²) in [6.45, 7) is 6.38. The number of amides is 2. The number of ether oxygens (including phenoxy) is 1. The fourth-order valence-electron chi connectivity index (χ4n) is 3.47. The Hall–Kier alpha value is -3.15. The minimum Gasteiger partial charge on any atom is -0.465 e. The number of benzene rings is 2. The molecule has 0 aliphatic carbocycles. The maximum Gasteiger partial charge on any atom is 0.337 e. The van der Waals surface area contributed by atoms with Gasteiger partial charge in [-0.3, -0.25) is 9.59 Å². The van der Waals surface area contributed by atoms with Gasteiger partial charge in [0.25, 0.3) is 0 Å². The maximum absolute atomic E-state index is 12.8. The molecule has 1 fully saturated rings. The fraction of sp³-hybridized carbons (Fsp3) is 0.348. The number of aryl methyl sites for hydroxylation is 1. The van der Waals surface area contributed by atoms with Gasteiger partial charge in [0, 0.05) is 24.3 Å². The number of rotatable bonds is 5. The predicted molar refractivity (Wildman–Crippen MR) is 112 cm³/mol. The summed E-state index contributed by atoms with van der Waals surface area (Å²) >= 11 is 0. The zero-order valence-electron chi connectivity index (χ0n) is 17.2. The van der Waals surface area contributed by atoms with E-state index in [0.717, 1.165) is 16.8 Å². The lowest BCUT2D eigenvalue weighted by atomic mass is 10.0. The van der Waals surface area contributed by atoms with Crippen LogP contribution in [0.4, 0.5) is 11.4 Å². The minimum absolute atomic E-state index is 0.0520. The van der Waals surface area contributed by atoms with Crippen LogP contribution in [0.5, 0.6) is 0 Å². The van der Waals surface area contributed by atoms with Gasteiger partial charge in [0.15, 0.2) is 0 Å². The Kier molecular flexibility index (Phi) is 6.01. The zero-order chi connectivity index (χ0) is 21.1. The van der Waals surface area contributed by atoms with Crippen molar-refractivity contribution < 1.29 is 19.1 Å². The number of nitrogens with zero attached hydrogens (tertiary/aromatic N) is 1. The number of carbonyl (C=O) groups is 3. The van der Waals surface area contributed by atoms with Crippen molar-refractivity contribution in [3.8, 4) is 0 Å². The molecule has 6 nitrogen and oxygen atoms in total. The molecule has 0 bridgehead atoms. The summed E-state index contributed by atoms with van der Waals surface area (Å²) in [5.74, 6) is -0.738. The van der Waals surface area contributed by atoms with E-state index in [1.54, 1.807) is 23.1 Å². The van der Waals surface area contributed by atoms with Crippen molar-refractivity contribution in [3.63, 3.8) is 0 Å².